The van der Waals surface area contributed by atoms with Crippen molar-refractivity contribution in [3.8, 4) is 12.1 Å². The third-order valence-corrected chi connectivity index (χ3v) is 2.75. The molecule has 0 atom stereocenters. The molecule has 2 rings (SSSR count). The molecule has 0 radical (unpaired) electrons. The molecule has 0 saturated carbocycles. The number of carbonyl (C=O) groups is 1. The largest absolute Gasteiger partial charge is 0.478 e. The van der Waals surface area contributed by atoms with Crippen molar-refractivity contribution >= 4 is 23.5 Å². The van der Waals surface area contributed by atoms with E-state index in [-0.39, 0.29) is 13.1 Å². The van der Waals surface area contributed by atoms with Crippen LogP contribution in [0.1, 0.15) is 5.69 Å². The average molecular weight is 281 g/mol. The zero-order valence-corrected chi connectivity index (χ0v) is 11.0. The maximum Gasteiger partial charge on any atom is 0.328 e. The van der Waals surface area contributed by atoms with E-state index in [0.29, 0.717) is 17.2 Å². The first kappa shape index (κ1) is 14.1. The van der Waals surface area contributed by atoms with Gasteiger partial charge < -0.3 is 10.0 Å². The quantitative estimate of drug-likeness (QED) is 0.653. The van der Waals surface area contributed by atoms with Gasteiger partial charge in [0.05, 0.1) is 17.8 Å². The Bertz CT molecular complexity index is 763. The lowest BCUT2D eigenvalue weighted by Gasteiger charge is -2.15. The summed E-state index contributed by atoms with van der Waals surface area (Å²) in [6.45, 7) is -0.0172. The highest BCUT2D eigenvalue weighted by Crippen LogP contribution is 2.22. The molecule has 0 amide bonds. The van der Waals surface area contributed by atoms with E-state index in [1.165, 1.54) is 11.0 Å². The van der Waals surface area contributed by atoms with Crippen molar-refractivity contribution in [3.05, 3.63) is 36.2 Å². The van der Waals surface area contributed by atoms with Crippen molar-refractivity contribution in [1.29, 1.82) is 10.5 Å². The predicted octanol–water partition coefficient (Wildman–Crippen LogP) is 1.29. The molecule has 2 aromatic heterocycles. The highest BCUT2D eigenvalue weighted by Gasteiger charge is 2.16. The number of pyridine rings is 1. The molecule has 0 aliphatic heterocycles. The second-order valence-electron chi connectivity index (χ2n) is 4.09. The summed E-state index contributed by atoms with van der Waals surface area (Å²) in [5.41, 5.74) is 1.12. The van der Waals surface area contributed by atoms with Gasteiger partial charge in [0.1, 0.15) is 18.7 Å². The van der Waals surface area contributed by atoms with Gasteiger partial charge in [0, 0.05) is 12.3 Å². The number of carboxylic acids is 1. The summed E-state index contributed by atoms with van der Waals surface area (Å²) in [6, 6.07) is 9.30. The Labute approximate surface area is 120 Å². The number of imidazole rings is 1. The number of aliphatic carboxylic acids is 1. The topological polar surface area (TPSA) is 105 Å². The van der Waals surface area contributed by atoms with Gasteiger partial charge >= 0.3 is 5.97 Å². The number of hydrogen-bond donors (Lipinski definition) is 1. The fourth-order valence-corrected chi connectivity index (χ4v) is 1.92. The van der Waals surface area contributed by atoms with Crippen LogP contribution in [0.2, 0.25) is 0 Å². The summed E-state index contributed by atoms with van der Waals surface area (Å²) in [5.74, 6) is -0.680. The molecular weight excluding hydrogens is 270 g/mol. The summed E-state index contributed by atoms with van der Waals surface area (Å²) < 4.78 is 1.70. The number of carboxylic acid groups (broad SMARTS) is 1. The monoisotopic (exact) mass is 281 g/mol. The molecule has 104 valence electrons. The summed E-state index contributed by atoms with van der Waals surface area (Å²) in [7, 11) is 0. The molecule has 0 bridgehead atoms. The summed E-state index contributed by atoms with van der Waals surface area (Å²) in [6.07, 6.45) is 4.14. The third kappa shape index (κ3) is 2.99. The number of aromatic nitrogens is 2. The Hall–Kier alpha value is -3.32. The first-order valence-corrected chi connectivity index (χ1v) is 6.04. The van der Waals surface area contributed by atoms with Crippen molar-refractivity contribution in [3.63, 3.8) is 0 Å². The molecular formula is C14H11N5O2. The lowest BCUT2D eigenvalue weighted by atomic mass is 10.3. The van der Waals surface area contributed by atoms with Gasteiger partial charge in [-0.15, -0.1) is 0 Å². The number of nitriles is 2. The second kappa shape index (κ2) is 6.22. The molecule has 7 nitrogen and oxygen atoms in total. The van der Waals surface area contributed by atoms with Crippen LogP contribution < -0.4 is 4.90 Å². The Morgan fingerprint density at radius 3 is 2.71 bits per heavy atom. The molecule has 0 unspecified atom stereocenters. The van der Waals surface area contributed by atoms with Crippen molar-refractivity contribution in [1.82, 2.24) is 9.38 Å². The Morgan fingerprint density at radius 1 is 1.38 bits per heavy atom. The van der Waals surface area contributed by atoms with E-state index in [2.05, 4.69) is 4.98 Å². The smallest absolute Gasteiger partial charge is 0.328 e. The van der Waals surface area contributed by atoms with Crippen LogP contribution in [0.5, 0.6) is 0 Å². The summed E-state index contributed by atoms with van der Waals surface area (Å²) in [5, 5.41) is 26.5. The van der Waals surface area contributed by atoms with Gasteiger partial charge in [-0.05, 0) is 18.2 Å². The van der Waals surface area contributed by atoms with E-state index in [4.69, 9.17) is 15.6 Å². The first-order valence-electron chi connectivity index (χ1n) is 6.04. The highest BCUT2D eigenvalue weighted by atomic mass is 16.4. The zero-order valence-electron chi connectivity index (χ0n) is 11.0. The molecule has 0 saturated heterocycles. The van der Waals surface area contributed by atoms with Gasteiger partial charge in [-0.2, -0.15) is 10.5 Å². The average Bonchev–Trinajstić information content (AvgIpc) is 2.83. The highest BCUT2D eigenvalue weighted by molar-refractivity contribution is 5.86. The Balaban J connectivity index is 2.61. The molecule has 21 heavy (non-hydrogen) atoms. The van der Waals surface area contributed by atoms with Gasteiger partial charge in [-0.3, -0.25) is 4.40 Å². The van der Waals surface area contributed by atoms with Crippen LogP contribution >= 0.6 is 0 Å². The van der Waals surface area contributed by atoms with E-state index < -0.39 is 5.97 Å². The zero-order chi connectivity index (χ0) is 15.2. The van der Waals surface area contributed by atoms with E-state index in [9.17, 15) is 4.79 Å². The molecule has 7 heteroatoms. The second-order valence-corrected chi connectivity index (χ2v) is 4.09. The maximum atomic E-state index is 10.7. The van der Waals surface area contributed by atoms with Crippen molar-refractivity contribution in [2.24, 2.45) is 0 Å². The molecule has 2 heterocycles. The lowest BCUT2D eigenvalue weighted by Crippen LogP contribution is -2.25. The third-order valence-electron chi connectivity index (χ3n) is 2.75. The van der Waals surface area contributed by atoms with Crippen LogP contribution in [0.3, 0.4) is 0 Å². The molecule has 0 aliphatic carbocycles. The first-order chi connectivity index (χ1) is 10.2. The Morgan fingerprint density at radius 2 is 2.10 bits per heavy atom. The lowest BCUT2D eigenvalue weighted by molar-refractivity contribution is -0.131. The number of fused-ring (bicyclic) bond motifs is 1. The molecule has 0 aliphatic rings. The standard InChI is InChI=1S/C14H11N5O2/c15-6-9-18(10-7-16)14-11(4-5-13(20)21)19-8-2-1-3-12(19)17-14/h1-5,8H,9-10H2,(H,20,21)/b5-4+. The number of nitrogens with zero attached hydrogens (tertiary/aromatic N) is 5. The fraction of sp³-hybridized carbons (Fsp3) is 0.143. The summed E-state index contributed by atoms with van der Waals surface area (Å²) in [4.78, 5) is 16.6. The van der Waals surface area contributed by atoms with Crippen LogP contribution in [0.25, 0.3) is 11.7 Å². The minimum absolute atomic E-state index is 0.00858. The van der Waals surface area contributed by atoms with Gasteiger partial charge in [0.2, 0.25) is 0 Å². The van der Waals surface area contributed by atoms with Gasteiger partial charge in [-0.25, -0.2) is 9.78 Å². The fourth-order valence-electron chi connectivity index (χ4n) is 1.92. The van der Waals surface area contributed by atoms with Gasteiger partial charge in [0.25, 0.3) is 0 Å². The molecule has 0 spiro atoms. The number of rotatable bonds is 5. The Kier molecular flexibility index (Phi) is 4.17. The van der Waals surface area contributed by atoms with Gasteiger partial charge in [-0.1, -0.05) is 6.07 Å². The van der Waals surface area contributed by atoms with E-state index >= 15 is 0 Å². The SMILES string of the molecule is N#CCN(CC#N)c1nc2ccccn2c1/C=C/C(=O)O. The van der Waals surface area contributed by atoms with Crippen LogP contribution in [0.15, 0.2) is 30.5 Å². The molecule has 1 N–H and O–H groups in total. The molecule has 0 aromatic carbocycles. The van der Waals surface area contributed by atoms with Crippen LogP contribution in [-0.2, 0) is 4.79 Å². The van der Waals surface area contributed by atoms with Crippen LogP contribution in [0.4, 0.5) is 5.82 Å². The minimum atomic E-state index is -1.08. The van der Waals surface area contributed by atoms with E-state index in [1.807, 2.05) is 12.1 Å². The van der Waals surface area contributed by atoms with E-state index in [0.717, 1.165) is 6.08 Å². The summed E-state index contributed by atoms with van der Waals surface area (Å²) >= 11 is 0. The van der Waals surface area contributed by atoms with Crippen molar-refractivity contribution < 1.29 is 9.90 Å². The number of hydrogen-bond acceptors (Lipinski definition) is 5. The van der Waals surface area contributed by atoms with Crippen LogP contribution in [0, 0.1) is 22.7 Å². The minimum Gasteiger partial charge on any atom is -0.478 e. The molecule has 2 aromatic rings. The predicted molar refractivity (Wildman–Crippen MR) is 75.3 cm³/mol. The maximum absolute atomic E-state index is 10.7. The molecule has 0 fully saturated rings. The van der Waals surface area contributed by atoms with Gasteiger partial charge in [0.15, 0.2) is 5.82 Å². The van der Waals surface area contributed by atoms with E-state index in [1.54, 1.807) is 28.8 Å². The number of anilines is 1. The van der Waals surface area contributed by atoms with Crippen LogP contribution in [-0.4, -0.2) is 33.6 Å². The normalized spacial score (nSPS) is 10.4. The van der Waals surface area contributed by atoms with Crippen molar-refractivity contribution in [2.45, 2.75) is 0 Å². The van der Waals surface area contributed by atoms with Crippen molar-refractivity contribution in [2.75, 3.05) is 18.0 Å².